The summed E-state index contributed by atoms with van der Waals surface area (Å²) >= 11 is 3.17. The van der Waals surface area contributed by atoms with Crippen molar-refractivity contribution in [2.75, 3.05) is 11.9 Å². The fourth-order valence-corrected chi connectivity index (χ4v) is 1.98. The molecule has 0 saturated carbocycles. The van der Waals surface area contributed by atoms with Gasteiger partial charge in [-0.05, 0) is 22.9 Å². The molecule has 8 heteroatoms. The maximum Gasteiger partial charge on any atom is 0.312 e. The molecule has 0 unspecified atom stereocenters. The highest BCUT2D eigenvalue weighted by atomic mass is 79.9. The third-order valence-corrected chi connectivity index (χ3v) is 2.88. The van der Waals surface area contributed by atoms with Crippen molar-refractivity contribution in [2.24, 2.45) is 0 Å². The standard InChI is InChI=1S/C11H11BrN4O3/c1-7-3-9(14-19-7)6-15(2)11-10(16(17)18)4-8(12)5-13-11/h3-5H,6H2,1-2H3. The molecule has 0 aliphatic carbocycles. The normalized spacial score (nSPS) is 10.5. The lowest BCUT2D eigenvalue weighted by atomic mass is 10.3. The van der Waals surface area contributed by atoms with Gasteiger partial charge in [0, 0.05) is 29.8 Å². The topological polar surface area (TPSA) is 85.3 Å². The Morgan fingerprint density at radius 1 is 1.53 bits per heavy atom. The van der Waals surface area contributed by atoms with Gasteiger partial charge in [0.05, 0.1) is 11.5 Å². The van der Waals surface area contributed by atoms with Crippen LogP contribution in [0.5, 0.6) is 0 Å². The molecule has 0 bridgehead atoms. The van der Waals surface area contributed by atoms with Crippen LogP contribution in [0.4, 0.5) is 11.5 Å². The van der Waals surface area contributed by atoms with Gasteiger partial charge in [-0.3, -0.25) is 10.1 Å². The highest BCUT2D eigenvalue weighted by Crippen LogP contribution is 2.28. The molecule has 0 radical (unpaired) electrons. The molecule has 0 amide bonds. The third-order valence-electron chi connectivity index (χ3n) is 2.45. The van der Waals surface area contributed by atoms with Gasteiger partial charge in [0.25, 0.3) is 0 Å². The summed E-state index contributed by atoms with van der Waals surface area (Å²) < 4.78 is 5.52. The van der Waals surface area contributed by atoms with Crippen LogP contribution in [0.2, 0.25) is 0 Å². The van der Waals surface area contributed by atoms with E-state index in [4.69, 9.17) is 4.52 Å². The van der Waals surface area contributed by atoms with Crippen molar-refractivity contribution >= 4 is 27.4 Å². The summed E-state index contributed by atoms with van der Waals surface area (Å²) in [6.07, 6.45) is 1.52. The second kappa shape index (κ2) is 5.35. The molecule has 19 heavy (non-hydrogen) atoms. The number of nitrogens with zero attached hydrogens (tertiary/aromatic N) is 4. The Hall–Kier alpha value is -1.96. The first-order valence-corrected chi connectivity index (χ1v) is 6.20. The molecule has 100 valence electrons. The number of pyridine rings is 1. The van der Waals surface area contributed by atoms with Crippen molar-refractivity contribution in [3.05, 3.63) is 44.4 Å². The van der Waals surface area contributed by atoms with Crippen LogP contribution in [0.15, 0.2) is 27.3 Å². The van der Waals surface area contributed by atoms with Gasteiger partial charge in [0.2, 0.25) is 5.82 Å². The Morgan fingerprint density at radius 3 is 2.84 bits per heavy atom. The van der Waals surface area contributed by atoms with E-state index in [-0.39, 0.29) is 11.5 Å². The van der Waals surface area contributed by atoms with Gasteiger partial charge in [0.1, 0.15) is 11.5 Å². The van der Waals surface area contributed by atoms with Crippen LogP contribution in [0.1, 0.15) is 11.5 Å². The second-order valence-electron chi connectivity index (χ2n) is 4.04. The summed E-state index contributed by atoms with van der Waals surface area (Å²) in [6, 6.07) is 3.20. The summed E-state index contributed by atoms with van der Waals surface area (Å²) in [4.78, 5) is 16.3. The Bertz CT molecular complexity index is 614. The fraction of sp³-hybridized carbons (Fsp3) is 0.273. The zero-order chi connectivity index (χ0) is 14.0. The molecule has 0 saturated heterocycles. The molecule has 0 aliphatic heterocycles. The van der Waals surface area contributed by atoms with Gasteiger partial charge in [-0.15, -0.1) is 0 Å². The molecule has 0 N–H and O–H groups in total. The van der Waals surface area contributed by atoms with Crippen molar-refractivity contribution in [3.63, 3.8) is 0 Å². The third kappa shape index (κ3) is 3.08. The zero-order valence-electron chi connectivity index (χ0n) is 10.3. The highest BCUT2D eigenvalue weighted by Gasteiger charge is 2.20. The minimum atomic E-state index is -0.461. The van der Waals surface area contributed by atoms with E-state index >= 15 is 0 Å². The van der Waals surface area contributed by atoms with Crippen LogP contribution < -0.4 is 4.90 Å². The number of hydrogen-bond acceptors (Lipinski definition) is 6. The maximum absolute atomic E-state index is 11.0. The van der Waals surface area contributed by atoms with E-state index in [2.05, 4.69) is 26.1 Å². The Labute approximate surface area is 117 Å². The van der Waals surface area contributed by atoms with E-state index in [9.17, 15) is 10.1 Å². The Kier molecular flexibility index (Phi) is 3.79. The predicted octanol–water partition coefficient (Wildman–Crippen LogP) is 2.69. The van der Waals surface area contributed by atoms with E-state index in [1.165, 1.54) is 12.3 Å². The maximum atomic E-state index is 11.0. The van der Waals surface area contributed by atoms with Gasteiger partial charge < -0.3 is 9.42 Å². The number of halogens is 1. The van der Waals surface area contributed by atoms with E-state index < -0.39 is 4.92 Å². The van der Waals surface area contributed by atoms with Crippen molar-refractivity contribution in [3.8, 4) is 0 Å². The van der Waals surface area contributed by atoms with Gasteiger partial charge in [-0.1, -0.05) is 5.16 Å². The highest BCUT2D eigenvalue weighted by molar-refractivity contribution is 9.10. The minimum absolute atomic E-state index is 0.0582. The number of hydrogen-bond donors (Lipinski definition) is 0. The SMILES string of the molecule is Cc1cc(CN(C)c2ncc(Br)cc2[N+](=O)[O-])no1. The fourth-order valence-electron chi connectivity index (χ4n) is 1.66. The van der Waals surface area contributed by atoms with Crippen LogP contribution in [0.25, 0.3) is 0 Å². The molecular formula is C11H11BrN4O3. The molecule has 0 aromatic carbocycles. The first-order valence-electron chi connectivity index (χ1n) is 5.40. The lowest BCUT2D eigenvalue weighted by Gasteiger charge is -2.16. The molecule has 0 aliphatic rings. The van der Waals surface area contributed by atoms with Gasteiger partial charge in [-0.2, -0.15) is 0 Å². The number of anilines is 1. The molecule has 2 aromatic heterocycles. The van der Waals surface area contributed by atoms with E-state index in [0.29, 0.717) is 22.5 Å². The van der Waals surface area contributed by atoms with E-state index in [1.54, 1.807) is 24.9 Å². The summed E-state index contributed by atoms with van der Waals surface area (Å²) in [5, 5.41) is 14.9. The first kappa shape index (κ1) is 13.5. The predicted molar refractivity (Wildman–Crippen MR) is 71.9 cm³/mol. The van der Waals surface area contributed by atoms with E-state index in [0.717, 1.165) is 0 Å². The molecule has 2 rings (SSSR count). The average Bonchev–Trinajstić information content (AvgIpc) is 2.74. The van der Waals surface area contributed by atoms with Gasteiger partial charge in [0.15, 0.2) is 0 Å². The quantitative estimate of drug-likeness (QED) is 0.634. The van der Waals surface area contributed by atoms with Gasteiger partial charge >= 0.3 is 5.69 Å². The number of aromatic nitrogens is 2. The van der Waals surface area contributed by atoms with E-state index in [1.807, 2.05) is 0 Å². The average molecular weight is 327 g/mol. The Balaban J connectivity index is 2.28. The van der Waals surface area contributed by atoms with Crippen LogP contribution >= 0.6 is 15.9 Å². The van der Waals surface area contributed by atoms with Crippen LogP contribution in [0.3, 0.4) is 0 Å². The lowest BCUT2D eigenvalue weighted by molar-refractivity contribution is -0.384. The molecular weight excluding hydrogens is 316 g/mol. The summed E-state index contributed by atoms with van der Waals surface area (Å²) in [5.41, 5.74) is 0.635. The van der Waals surface area contributed by atoms with Crippen molar-refractivity contribution < 1.29 is 9.45 Å². The summed E-state index contributed by atoms with van der Waals surface area (Å²) in [7, 11) is 1.72. The van der Waals surface area contributed by atoms with Crippen LogP contribution in [-0.4, -0.2) is 22.1 Å². The largest absolute Gasteiger partial charge is 0.361 e. The monoisotopic (exact) mass is 326 g/mol. The number of rotatable bonds is 4. The molecule has 2 aromatic rings. The molecule has 7 nitrogen and oxygen atoms in total. The first-order chi connectivity index (χ1) is 8.97. The number of nitro groups is 1. The van der Waals surface area contributed by atoms with Crippen LogP contribution in [0, 0.1) is 17.0 Å². The second-order valence-corrected chi connectivity index (χ2v) is 4.95. The smallest absolute Gasteiger partial charge is 0.312 e. The van der Waals surface area contributed by atoms with Crippen molar-refractivity contribution in [2.45, 2.75) is 13.5 Å². The molecule has 0 fully saturated rings. The summed E-state index contributed by atoms with van der Waals surface area (Å²) in [5.74, 6) is 0.982. The lowest BCUT2D eigenvalue weighted by Crippen LogP contribution is -2.19. The number of aryl methyl sites for hydroxylation is 1. The van der Waals surface area contributed by atoms with Gasteiger partial charge in [-0.25, -0.2) is 4.98 Å². The van der Waals surface area contributed by atoms with Crippen molar-refractivity contribution in [1.82, 2.24) is 10.1 Å². The van der Waals surface area contributed by atoms with Crippen LogP contribution in [-0.2, 0) is 6.54 Å². The molecule has 0 spiro atoms. The zero-order valence-corrected chi connectivity index (χ0v) is 11.9. The van der Waals surface area contributed by atoms with Crippen molar-refractivity contribution in [1.29, 1.82) is 0 Å². The Morgan fingerprint density at radius 2 is 2.26 bits per heavy atom. The molecule has 2 heterocycles. The molecule has 0 atom stereocenters. The minimum Gasteiger partial charge on any atom is -0.361 e. The summed E-state index contributed by atoms with van der Waals surface area (Å²) in [6.45, 7) is 2.17.